The molecule has 7 heteroatoms. The van der Waals surface area contributed by atoms with E-state index in [-0.39, 0.29) is 4.90 Å². The Bertz CT molecular complexity index is 828. The molecule has 0 aromatic heterocycles. The summed E-state index contributed by atoms with van der Waals surface area (Å²) in [6.07, 6.45) is -0.813. The molecule has 0 aliphatic heterocycles. The van der Waals surface area contributed by atoms with Crippen molar-refractivity contribution in [3.8, 4) is 0 Å². The molecule has 0 bridgehead atoms. The van der Waals surface area contributed by atoms with Crippen molar-refractivity contribution in [3.63, 3.8) is 0 Å². The van der Waals surface area contributed by atoms with Crippen LogP contribution in [0.2, 0.25) is 5.02 Å². The topological polar surface area (TPSA) is 72.5 Å². The average molecular weight is 382 g/mol. The van der Waals surface area contributed by atoms with Crippen LogP contribution in [-0.4, -0.2) is 20.1 Å². The third kappa shape index (κ3) is 5.21. The summed E-state index contributed by atoms with van der Waals surface area (Å²) in [6.45, 7) is 5.11. The number of benzene rings is 2. The van der Waals surface area contributed by atoms with E-state index in [1.807, 2.05) is 0 Å². The molecule has 0 saturated heterocycles. The van der Waals surface area contributed by atoms with Crippen LogP contribution in [-0.2, 0) is 14.6 Å². The summed E-state index contributed by atoms with van der Waals surface area (Å²) >= 11 is 5.88. The van der Waals surface area contributed by atoms with Gasteiger partial charge in [0.1, 0.15) is 5.60 Å². The number of amides is 1. The number of nitrogens with one attached hydrogen (secondary N) is 1. The quantitative estimate of drug-likeness (QED) is 0.855. The van der Waals surface area contributed by atoms with Gasteiger partial charge in [0.05, 0.1) is 4.90 Å². The number of hydrogen-bond donors (Lipinski definition) is 1. The Balaban J connectivity index is 2.42. The van der Waals surface area contributed by atoms with Crippen molar-refractivity contribution in [1.29, 1.82) is 0 Å². The fourth-order valence-electron chi connectivity index (χ4n) is 2.14. The van der Waals surface area contributed by atoms with Gasteiger partial charge in [0.2, 0.25) is 9.84 Å². The lowest BCUT2D eigenvalue weighted by Gasteiger charge is -2.24. The summed E-state index contributed by atoms with van der Waals surface area (Å²) in [5, 5.41) is 1.64. The van der Waals surface area contributed by atoms with Crippen molar-refractivity contribution in [2.24, 2.45) is 0 Å². The molecule has 0 heterocycles. The SMILES string of the molecule is CC(C)(C)OC(=O)N[C@@H](c1ccc(Cl)cc1)S(=O)(=O)c1ccccc1. The van der Waals surface area contributed by atoms with Crippen molar-refractivity contribution in [3.05, 3.63) is 65.2 Å². The Hall–Kier alpha value is -2.05. The van der Waals surface area contributed by atoms with E-state index in [9.17, 15) is 13.2 Å². The summed E-state index contributed by atoms with van der Waals surface area (Å²) in [6, 6.07) is 14.2. The molecule has 0 aliphatic rings. The highest BCUT2D eigenvalue weighted by atomic mass is 35.5. The third-order valence-corrected chi connectivity index (χ3v) is 5.39. The van der Waals surface area contributed by atoms with Crippen molar-refractivity contribution in [2.75, 3.05) is 0 Å². The number of hydrogen-bond acceptors (Lipinski definition) is 4. The highest BCUT2D eigenvalue weighted by Gasteiger charge is 2.32. The second-order valence-corrected chi connectivity index (χ2v) is 8.91. The fraction of sp³-hybridized carbons (Fsp3) is 0.278. The number of carbonyl (C=O) groups is 1. The maximum Gasteiger partial charge on any atom is 0.408 e. The molecule has 0 spiro atoms. The summed E-state index contributed by atoms with van der Waals surface area (Å²) in [5.41, 5.74) is -0.357. The van der Waals surface area contributed by atoms with Crippen LogP contribution in [0.15, 0.2) is 59.5 Å². The predicted molar refractivity (Wildman–Crippen MR) is 97.2 cm³/mol. The molecule has 0 radical (unpaired) electrons. The van der Waals surface area contributed by atoms with E-state index in [1.54, 1.807) is 63.2 Å². The van der Waals surface area contributed by atoms with Crippen molar-refractivity contribution < 1.29 is 17.9 Å². The Kier molecular flexibility index (Phi) is 5.75. The summed E-state index contributed by atoms with van der Waals surface area (Å²) in [7, 11) is -3.87. The fourth-order valence-corrected chi connectivity index (χ4v) is 3.84. The Morgan fingerprint density at radius 1 is 1.04 bits per heavy atom. The standard InChI is InChI=1S/C18H20ClNO4S/c1-18(2,3)24-17(21)20-16(13-9-11-14(19)12-10-13)25(22,23)15-7-5-4-6-8-15/h4-12,16H,1-3H3,(H,20,21)/t16-/m1/s1. The Labute approximate surface area is 152 Å². The van der Waals surface area contributed by atoms with E-state index in [0.717, 1.165) is 0 Å². The predicted octanol–water partition coefficient (Wildman–Crippen LogP) is 4.34. The molecule has 25 heavy (non-hydrogen) atoms. The van der Waals surface area contributed by atoms with Crippen LogP contribution in [0.1, 0.15) is 31.7 Å². The highest BCUT2D eigenvalue weighted by molar-refractivity contribution is 7.91. The molecule has 1 amide bonds. The molecular formula is C18H20ClNO4S. The summed E-state index contributed by atoms with van der Waals surface area (Å²) < 4.78 is 31.2. The zero-order valence-electron chi connectivity index (χ0n) is 14.2. The Morgan fingerprint density at radius 2 is 1.60 bits per heavy atom. The molecule has 2 aromatic carbocycles. The molecule has 0 fully saturated rings. The van der Waals surface area contributed by atoms with Crippen molar-refractivity contribution in [1.82, 2.24) is 5.32 Å². The lowest BCUT2D eigenvalue weighted by Crippen LogP contribution is -2.38. The maximum absolute atomic E-state index is 13.0. The van der Waals surface area contributed by atoms with Gasteiger partial charge in [-0.1, -0.05) is 41.9 Å². The lowest BCUT2D eigenvalue weighted by atomic mass is 10.2. The molecular weight excluding hydrogens is 362 g/mol. The molecule has 5 nitrogen and oxygen atoms in total. The first-order valence-corrected chi connectivity index (χ1v) is 9.56. The maximum atomic E-state index is 13.0. The second kappa shape index (κ2) is 7.45. The molecule has 0 unspecified atom stereocenters. The molecule has 0 aliphatic carbocycles. The van der Waals surface area contributed by atoms with Crippen LogP contribution in [0.4, 0.5) is 4.79 Å². The number of rotatable bonds is 4. The van der Waals surface area contributed by atoms with Gasteiger partial charge >= 0.3 is 6.09 Å². The van der Waals surface area contributed by atoms with Crippen LogP contribution in [0.25, 0.3) is 0 Å². The third-order valence-electron chi connectivity index (χ3n) is 3.20. The first-order chi connectivity index (χ1) is 11.6. The minimum absolute atomic E-state index is 0.103. The normalized spacial score (nSPS) is 13.1. The van der Waals surface area contributed by atoms with Gasteiger partial charge in [0.25, 0.3) is 0 Å². The van der Waals surface area contributed by atoms with Gasteiger partial charge in [-0.3, -0.25) is 0 Å². The number of carbonyl (C=O) groups excluding carboxylic acids is 1. The van der Waals surface area contributed by atoms with E-state index in [2.05, 4.69) is 5.32 Å². The molecule has 2 rings (SSSR count). The van der Waals surface area contributed by atoms with E-state index >= 15 is 0 Å². The number of ether oxygens (including phenoxy) is 1. The van der Waals surface area contributed by atoms with Crippen LogP contribution in [0.5, 0.6) is 0 Å². The van der Waals surface area contributed by atoms with Gasteiger partial charge < -0.3 is 10.1 Å². The van der Waals surface area contributed by atoms with Gasteiger partial charge in [0.15, 0.2) is 5.37 Å². The van der Waals surface area contributed by atoms with E-state index in [4.69, 9.17) is 16.3 Å². The van der Waals surface area contributed by atoms with Crippen LogP contribution < -0.4 is 5.32 Å². The molecule has 0 saturated carbocycles. The zero-order chi connectivity index (χ0) is 18.7. The summed E-state index contributed by atoms with van der Waals surface area (Å²) in [5.74, 6) is 0. The van der Waals surface area contributed by atoms with Crippen molar-refractivity contribution >= 4 is 27.5 Å². The number of halogens is 1. The van der Waals surface area contributed by atoms with Gasteiger partial charge in [-0.2, -0.15) is 0 Å². The average Bonchev–Trinajstić information content (AvgIpc) is 2.53. The minimum atomic E-state index is -3.87. The van der Waals surface area contributed by atoms with E-state index in [0.29, 0.717) is 10.6 Å². The first-order valence-electron chi connectivity index (χ1n) is 7.63. The Morgan fingerprint density at radius 3 is 2.12 bits per heavy atom. The smallest absolute Gasteiger partial charge is 0.408 e. The van der Waals surface area contributed by atoms with E-state index in [1.165, 1.54) is 12.1 Å². The molecule has 134 valence electrons. The van der Waals surface area contributed by atoms with E-state index < -0.39 is 26.9 Å². The van der Waals surface area contributed by atoms with Gasteiger partial charge in [0, 0.05) is 5.02 Å². The van der Waals surface area contributed by atoms with Gasteiger partial charge in [-0.15, -0.1) is 0 Å². The molecule has 1 atom stereocenters. The van der Waals surface area contributed by atoms with Crippen molar-refractivity contribution in [2.45, 2.75) is 36.6 Å². The van der Waals surface area contributed by atoms with Crippen LogP contribution in [0, 0.1) is 0 Å². The molecule has 1 N–H and O–H groups in total. The number of sulfone groups is 1. The van der Waals surface area contributed by atoms with Crippen LogP contribution >= 0.6 is 11.6 Å². The summed E-state index contributed by atoms with van der Waals surface area (Å²) in [4.78, 5) is 12.3. The van der Waals surface area contributed by atoms with Gasteiger partial charge in [-0.25, -0.2) is 13.2 Å². The largest absolute Gasteiger partial charge is 0.444 e. The zero-order valence-corrected chi connectivity index (χ0v) is 15.8. The monoisotopic (exact) mass is 381 g/mol. The second-order valence-electron chi connectivity index (χ2n) is 6.44. The lowest BCUT2D eigenvalue weighted by molar-refractivity contribution is 0.0519. The number of alkyl carbamates (subject to hydrolysis) is 1. The first kappa shape index (κ1) is 19.3. The van der Waals surface area contributed by atoms with Gasteiger partial charge in [-0.05, 0) is 50.6 Å². The molecule has 2 aromatic rings. The van der Waals surface area contributed by atoms with Crippen LogP contribution in [0.3, 0.4) is 0 Å². The highest BCUT2D eigenvalue weighted by Crippen LogP contribution is 2.28. The minimum Gasteiger partial charge on any atom is -0.444 e.